The van der Waals surface area contributed by atoms with Crippen LogP contribution >= 0.6 is 0 Å². The SMILES string of the molecule is c1ccc(C[C@H]2C3=c4ccccc4=[NH+][C@@H]3[C@@H](c3c[nH]c4ccccc34)[C@@H]2c2ccccc2)cc1. The summed E-state index contributed by atoms with van der Waals surface area (Å²) in [5.41, 5.74) is 7.04. The van der Waals surface area contributed by atoms with Gasteiger partial charge in [0.05, 0.1) is 11.1 Å². The molecule has 1 aliphatic carbocycles. The number of aromatic nitrogens is 1. The monoisotopic (exact) mass is 439 g/mol. The Balaban J connectivity index is 1.50. The highest BCUT2D eigenvalue weighted by atomic mass is 14.9. The lowest BCUT2D eigenvalue weighted by Crippen LogP contribution is -2.82. The molecule has 1 aromatic heterocycles. The molecule has 4 atom stereocenters. The Morgan fingerprint density at radius 1 is 0.676 bits per heavy atom. The van der Waals surface area contributed by atoms with Gasteiger partial charge in [-0.3, -0.25) is 0 Å². The number of rotatable bonds is 4. The fourth-order valence-electron chi connectivity index (χ4n) is 6.60. The molecule has 2 heteroatoms. The highest BCUT2D eigenvalue weighted by Crippen LogP contribution is 2.54. The van der Waals surface area contributed by atoms with Crippen LogP contribution in [0.15, 0.2) is 115 Å². The van der Waals surface area contributed by atoms with Crippen LogP contribution in [0.25, 0.3) is 16.5 Å². The maximum atomic E-state index is 3.96. The van der Waals surface area contributed by atoms with Gasteiger partial charge in [-0.2, -0.15) is 0 Å². The number of fused-ring (bicyclic) bond motifs is 3. The van der Waals surface area contributed by atoms with Gasteiger partial charge in [-0.05, 0) is 41.2 Å². The van der Waals surface area contributed by atoms with E-state index in [1.54, 1.807) is 5.57 Å². The zero-order valence-corrected chi connectivity index (χ0v) is 19.0. The maximum Gasteiger partial charge on any atom is 0.206 e. The van der Waals surface area contributed by atoms with Gasteiger partial charge < -0.3 is 4.98 Å². The maximum absolute atomic E-state index is 3.96. The molecule has 1 aliphatic heterocycles. The van der Waals surface area contributed by atoms with Crippen LogP contribution < -0.4 is 15.6 Å². The molecule has 1 saturated carbocycles. The van der Waals surface area contributed by atoms with E-state index >= 15 is 0 Å². The van der Waals surface area contributed by atoms with Gasteiger partial charge in [-0.25, -0.2) is 4.99 Å². The second-order valence-electron chi connectivity index (χ2n) is 9.67. The van der Waals surface area contributed by atoms with E-state index in [1.807, 2.05) is 0 Å². The second kappa shape index (κ2) is 7.85. The van der Waals surface area contributed by atoms with Crippen molar-refractivity contribution in [1.29, 1.82) is 0 Å². The van der Waals surface area contributed by atoms with Crippen molar-refractivity contribution in [2.24, 2.45) is 5.92 Å². The largest absolute Gasteiger partial charge is 0.361 e. The fourth-order valence-corrected chi connectivity index (χ4v) is 6.60. The number of para-hydroxylation sites is 2. The number of H-pyrrole nitrogens is 1. The zero-order valence-electron chi connectivity index (χ0n) is 19.0. The van der Waals surface area contributed by atoms with E-state index < -0.39 is 0 Å². The first-order valence-electron chi connectivity index (χ1n) is 12.3. The highest BCUT2D eigenvalue weighted by Gasteiger charge is 2.53. The average Bonchev–Trinajstić information content (AvgIpc) is 3.57. The molecule has 0 unspecified atom stereocenters. The smallest absolute Gasteiger partial charge is 0.206 e. The van der Waals surface area contributed by atoms with Crippen LogP contribution in [0.1, 0.15) is 28.5 Å². The molecule has 164 valence electrons. The van der Waals surface area contributed by atoms with Crippen molar-refractivity contribution in [3.05, 3.63) is 143 Å². The molecule has 0 bridgehead atoms. The standard InChI is InChI=1S/C32H26N2/c1-3-11-21(12-4-1)19-25-29(22-13-5-2-6-14-22)31(26-20-33-27-17-9-7-15-23(26)27)32-30(25)24-16-8-10-18-28(24)34-32/h1-18,20,25,29,31-33H,19H2/p+1/t25-,29-,31+,32+/m1/s1. The fraction of sp³-hybridized carbons (Fsp3) is 0.156. The van der Waals surface area contributed by atoms with Crippen molar-refractivity contribution < 1.29 is 4.99 Å². The van der Waals surface area contributed by atoms with Crippen LogP contribution in [0.5, 0.6) is 0 Å². The van der Waals surface area contributed by atoms with Crippen molar-refractivity contribution >= 4 is 16.5 Å². The Labute approximate surface area is 199 Å². The van der Waals surface area contributed by atoms with Gasteiger partial charge in [-0.15, -0.1) is 0 Å². The summed E-state index contributed by atoms with van der Waals surface area (Å²) in [5, 5.41) is 4.01. The number of nitrogens with one attached hydrogen (secondary N) is 2. The Hall–Kier alpha value is -3.91. The van der Waals surface area contributed by atoms with Crippen molar-refractivity contribution in [1.82, 2.24) is 4.98 Å². The predicted molar refractivity (Wildman–Crippen MR) is 137 cm³/mol. The lowest BCUT2D eigenvalue weighted by molar-refractivity contribution is -0.525. The average molecular weight is 440 g/mol. The number of benzene rings is 4. The van der Waals surface area contributed by atoms with E-state index in [2.05, 4.69) is 125 Å². The molecule has 0 saturated heterocycles. The van der Waals surface area contributed by atoms with Crippen molar-refractivity contribution in [3.63, 3.8) is 0 Å². The molecule has 1 fully saturated rings. The van der Waals surface area contributed by atoms with Gasteiger partial charge in [0.2, 0.25) is 5.36 Å². The molecule has 0 radical (unpaired) electrons. The Kier molecular flexibility index (Phi) is 4.51. The van der Waals surface area contributed by atoms with Gasteiger partial charge in [0, 0.05) is 34.7 Å². The first-order valence-corrected chi connectivity index (χ1v) is 12.3. The summed E-state index contributed by atoms with van der Waals surface area (Å²) >= 11 is 0. The van der Waals surface area contributed by atoms with Crippen LogP contribution in [0, 0.1) is 5.92 Å². The third-order valence-electron chi connectivity index (χ3n) is 7.93. The van der Waals surface area contributed by atoms with Gasteiger partial charge in [0.25, 0.3) is 0 Å². The lowest BCUT2D eigenvalue weighted by Gasteiger charge is -2.25. The van der Waals surface area contributed by atoms with E-state index in [0.29, 0.717) is 17.8 Å². The Morgan fingerprint density at radius 3 is 2.24 bits per heavy atom. The van der Waals surface area contributed by atoms with Crippen LogP contribution in [0.4, 0.5) is 0 Å². The molecule has 2 aliphatic rings. The summed E-state index contributed by atoms with van der Waals surface area (Å²) in [7, 11) is 0. The molecule has 0 spiro atoms. The van der Waals surface area contributed by atoms with Gasteiger partial charge >= 0.3 is 0 Å². The third-order valence-corrected chi connectivity index (χ3v) is 7.93. The second-order valence-corrected chi connectivity index (χ2v) is 9.67. The molecular weight excluding hydrogens is 412 g/mol. The van der Waals surface area contributed by atoms with Crippen molar-refractivity contribution in [2.45, 2.75) is 24.3 Å². The molecule has 2 N–H and O–H groups in total. The van der Waals surface area contributed by atoms with E-state index in [1.165, 1.54) is 38.2 Å². The Bertz CT molecular complexity index is 1600. The van der Waals surface area contributed by atoms with Crippen molar-refractivity contribution in [2.75, 3.05) is 0 Å². The van der Waals surface area contributed by atoms with Crippen molar-refractivity contribution in [3.8, 4) is 0 Å². The summed E-state index contributed by atoms with van der Waals surface area (Å²) in [5.74, 6) is 1.15. The summed E-state index contributed by atoms with van der Waals surface area (Å²) in [6.45, 7) is 0. The van der Waals surface area contributed by atoms with E-state index in [0.717, 1.165) is 6.42 Å². The minimum absolute atomic E-state index is 0.288. The normalized spacial score (nSPS) is 23.0. The molecule has 4 aromatic carbocycles. The van der Waals surface area contributed by atoms with Crippen LogP contribution in [-0.2, 0) is 6.42 Å². The quantitative estimate of drug-likeness (QED) is 0.426. The first kappa shape index (κ1) is 19.5. The third kappa shape index (κ3) is 2.99. The van der Waals surface area contributed by atoms with E-state index in [-0.39, 0.29) is 6.04 Å². The van der Waals surface area contributed by atoms with Gasteiger partial charge in [0.1, 0.15) is 0 Å². The summed E-state index contributed by atoms with van der Waals surface area (Å²) < 4.78 is 0. The summed E-state index contributed by atoms with van der Waals surface area (Å²) in [6, 6.07) is 40.1. The highest BCUT2D eigenvalue weighted by molar-refractivity contribution is 5.85. The molecule has 34 heavy (non-hydrogen) atoms. The molecule has 2 heterocycles. The Morgan fingerprint density at radius 2 is 1.38 bits per heavy atom. The minimum Gasteiger partial charge on any atom is -0.361 e. The molecular formula is C32H27N2+. The van der Waals surface area contributed by atoms with E-state index in [4.69, 9.17) is 0 Å². The number of hydrogen-bond donors (Lipinski definition) is 2. The number of aromatic amines is 1. The molecule has 7 rings (SSSR count). The first-order chi connectivity index (χ1) is 16.9. The minimum atomic E-state index is 0.288. The summed E-state index contributed by atoms with van der Waals surface area (Å²) in [4.78, 5) is 7.53. The summed E-state index contributed by atoms with van der Waals surface area (Å²) in [6.07, 6.45) is 3.31. The molecule has 2 nitrogen and oxygen atoms in total. The van der Waals surface area contributed by atoms with Gasteiger partial charge in [0.15, 0.2) is 6.04 Å². The predicted octanol–water partition coefficient (Wildman–Crippen LogP) is 3.84. The molecule has 5 aromatic rings. The van der Waals surface area contributed by atoms with E-state index in [9.17, 15) is 0 Å². The van der Waals surface area contributed by atoms with Crippen LogP contribution in [-0.4, -0.2) is 11.0 Å². The topological polar surface area (TPSA) is 29.8 Å². The van der Waals surface area contributed by atoms with Gasteiger partial charge in [-0.1, -0.05) is 91.0 Å². The van der Waals surface area contributed by atoms with Crippen LogP contribution in [0.2, 0.25) is 0 Å². The lowest BCUT2D eigenvalue weighted by atomic mass is 9.77. The molecule has 0 amide bonds. The zero-order chi connectivity index (χ0) is 22.5. The number of hydrogen-bond acceptors (Lipinski definition) is 0. The van der Waals surface area contributed by atoms with Crippen LogP contribution in [0.3, 0.4) is 0 Å².